The summed E-state index contributed by atoms with van der Waals surface area (Å²) >= 11 is 1.62. The van der Waals surface area contributed by atoms with E-state index in [1.807, 2.05) is 26.8 Å². The molecule has 0 aliphatic rings. The van der Waals surface area contributed by atoms with Crippen LogP contribution in [0.1, 0.15) is 48.1 Å². The minimum absolute atomic E-state index is 0.119. The molecule has 0 unspecified atom stereocenters. The molecule has 0 atom stereocenters. The van der Waals surface area contributed by atoms with E-state index in [4.69, 9.17) is 0 Å². The van der Waals surface area contributed by atoms with Crippen LogP contribution in [0.4, 0.5) is 4.39 Å². The third-order valence-electron chi connectivity index (χ3n) is 5.24. The molecule has 0 radical (unpaired) electrons. The second-order valence-corrected chi connectivity index (χ2v) is 8.66. The third kappa shape index (κ3) is 10.1. The molecule has 0 saturated heterocycles. The molecule has 1 heterocycles. The Morgan fingerprint density at radius 3 is 2.47 bits per heavy atom. The molecular weight excluding hydrogens is 451 g/mol. The molecule has 0 spiro atoms. The zero-order valence-electron chi connectivity index (χ0n) is 21.0. The average molecular weight is 491 g/mol. The molecule has 1 aromatic heterocycles. The minimum atomic E-state index is -0.459. The molecule has 3 N–H and O–H groups in total. The highest BCUT2D eigenvalue weighted by Crippen LogP contribution is 2.21. The van der Waals surface area contributed by atoms with Gasteiger partial charge in [-0.05, 0) is 51.7 Å². The summed E-state index contributed by atoms with van der Waals surface area (Å²) in [6.45, 7) is 12.6. The summed E-state index contributed by atoms with van der Waals surface area (Å²) in [5.74, 6) is 1.04. The summed E-state index contributed by atoms with van der Waals surface area (Å²) in [7, 11) is 0. The molecule has 0 saturated carbocycles. The highest BCUT2D eigenvalue weighted by molar-refractivity contribution is 7.99. The normalized spacial score (nSPS) is 12.5. The number of nitrogens with zero attached hydrogens (tertiary/aromatic N) is 1. The number of allylic oxidation sites excluding steroid dienone is 2. The monoisotopic (exact) mass is 490 g/mol. The summed E-state index contributed by atoms with van der Waals surface area (Å²) in [6.07, 6.45) is 12.0. The number of aromatic nitrogens is 1. The lowest BCUT2D eigenvalue weighted by Crippen LogP contribution is -2.35. The number of thioether (sulfide) groups is 1. The van der Waals surface area contributed by atoms with Crippen LogP contribution in [0.2, 0.25) is 0 Å². The lowest BCUT2D eigenvalue weighted by atomic mass is 10.1. The van der Waals surface area contributed by atoms with Gasteiger partial charge in [-0.1, -0.05) is 44.2 Å². The number of hydrogen-bond donors (Lipinski definition) is 3. The van der Waals surface area contributed by atoms with Gasteiger partial charge in [0, 0.05) is 41.6 Å². The van der Waals surface area contributed by atoms with Crippen molar-refractivity contribution in [3.63, 3.8) is 0 Å². The van der Waals surface area contributed by atoms with Gasteiger partial charge >= 0.3 is 0 Å². The van der Waals surface area contributed by atoms with Crippen LogP contribution in [0.3, 0.4) is 0 Å². The third-order valence-corrected chi connectivity index (χ3v) is 6.09. The predicted molar refractivity (Wildman–Crippen MR) is 143 cm³/mol. The van der Waals surface area contributed by atoms with Gasteiger partial charge in [-0.3, -0.25) is 9.59 Å². The predicted octanol–water partition coefficient (Wildman–Crippen LogP) is 4.55. The van der Waals surface area contributed by atoms with Crippen LogP contribution < -0.4 is 10.6 Å². The Morgan fingerprint density at radius 2 is 1.82 bits per heavy atom. The van der Waals surface area contributed by atoms with Crippen LogP contribution in [0.15, 0.2) is 42.2 Å². The molecule has 2 amide bonds. The number of amides is 2. The standard InChI is InChI=1S/C26H39FN4O2S/c1-6-14-28-25(32)22(12-11-18-34-17-10-9-13-27)19-23-20(4)24(21(5)30-23)26(33)29-15-16-31(7-2)8-3/h6,9-12,14,19,30H,7-8,13,15-18H2,1-5H3,(H,28,32)(H,29,33). The quantitative estimate of drug-likeness (QED) is 0.146. The SMILES string of the molecule is CC=CNC(=O)C(C=CCSCC=CCF)=Cc1[nH]c(C)c(C(=O)NCCN(CC)CC)c1C. The molecule has 1 rings (SSSR count). The Labute approximate surface area is 207 Å². The molecular formula is C26H39FN4O2S. The molecule has 0 aliphatic carbocycles. The van der Waals surface area contributed by atoms with Crippen LogP contribution in [-0.4, -0.2) is 66.1 Å². The first-order chi connectivity index (χ1) is 16.4. The van der Waals surface area contributed by atoms with Crippen molar-refractivity contribution in [3.05, 3.63) is 64.7 Å². The fourth-order valence-electron chi connectivity index (χ4n) is 3.31. The number of carbonyl (C=O) groups excluding carboxylic acids is 2. The first kappa shape index (κ1) is 29.5. The number of aryl methyl sites for hydroxylation is 1. The van der Waals surface area contributed by atoms with Gasteiger partial charge in [-0.2, -0.15) is 11.8 Å². The molecule has 6 nitrogen and oxygen atoms in total. The first-order valence-corrected chi connectivity index (χ1v) is 12.8. The van der Waals surface area contributed by atoms with Gasteiger partial charge in [-0.25, -0.2) is 4.39 Å². The second kappa shape index (κ2) is 16.9. The maximum Gasteiger partial charge on any atom is 0.255 e. The molecule has 0 aromatic carbocycles. The van der Waals surface area contributed by atoms with Gasteiger partial charge in [-0.15, -0.1) is 0 Å². The molecule has 0 fully saturated rings. The lowest BCUT2D eigenvalue weighted by Gasteiger charge is -2.18. The Hall–Kier alpha value is -2.58. The van der Waals surface area contributed by atoms with Crippen molar-refractivity contribution in [1.82, 2.24) is 20.5 Å². The number of halogens is 1. The van der Waals surface area contributed by atoms with E-state index in [1.165, 1.54) is 6.08 Å². The fraction of sp³-hybridized carbons (Fsp3) is 0.462. The van der Waals surface area contributed by atoms with Crippen molar-refractivity contribution < 1.29 is 14.0 Å². The molecule has 188 valence electrons. The maximum absolute atomic E-state index is 12.8. The summed E-state index contributed by atoms with van der Waals surface area (Å²) < 4.78 is 12.1. The van der Waals surface area contributed by atoms with Gasteiger partial charge in [0.25, 0.3) is 11.8 Å². The fourth-order valence-corrected chi connectivity index (χ4v) is 3.95. The van der Waals surface area contributed by atoms with Crippen molar-refractivity contribution in [2.45, 2.75) is 34.6 Å². The van der Waals surface area contributed by atoms with E-state index >= 15 is 0 Å². The number of carbonyl (C=O) groups is 2. The topological polar surface area (TPSA) is 77.2 Å². The van der Waals surface area contributed by atoms with E-state index in [9.17, 15) is 14.0 Å². The zero-order chi connectivity index (χ0) is 25.3. The Bertz CT molecular complexity index is 899. The largest absolute Gasteiger partial charge is 0.358 e. The summed E-state index contributed by atoms with van der Waals surface area (Å²) in [5.41, 5.74) is 3.36. The zero-order valence-corrected chi connectivity index (χ0v) is 21.9. The van der Waals surface area contributed by atoms with Crippen LogP contribution in [0, 0.1) is 13.8 Å². The van der Waals surface area contributed by atoms with E-state index in [0.29, 0.717) is 29.2 Å². The number of alkyl halides is 1. The van der Waals surface area contributed by atoms with E-state index in [0.717, 1.165) is 36.6 Å². The van der Waals surface area contributed by atoms with Gasteiger partial charge in [0.2, 0.25) is 0 Å². The number of rotatable bonds is 15. The molecule has 0 bridgehead atoms. The van der Waals surface area contributed by atoms with E-state index < -0.39 is 6.67 Å². The number of aromatic amines is 1. The lowest BCUT2D eigenvalue weighted by molar-refractivity contribution is -0.116. The highest BCUT2D eigenvalue weighted by Gasteiger charge is 2.18. The summed E-state index contributed by atoms with van der Waals surface area (Å²) in [5, 5.41) is 5.74. The first-order valence-electron chi connectivity index (χ1n) is 11.7. The molecule has 0 aliphatic heterocycles. The van der Waals surface area contributed by atoms with Crippen LogP contribution in [0.5, 0.6) is 0 Å². The number of nitrogens with one attached hydrogen (secondary N) is 3. The smallest absolute Gasteiger partial charge is 0.255 e. The van der Waals surface area contributed by atoms with Crippen molar-refractivity contribution in [2.75, 3.05) is 44.4 Å². The van der Waals surface area contributed by atoms with Crippen LogP contribution >= 0.6 is 11.8 Å². The van der Waals surface area contributed by atoms with E-state index in [2.05, 4.69) is 34.4 Å². The minimum Gasteiger partial charge on any atom is -0.358 e. The van der Waals surface area contributed by atoms with Crippen LogP contribution in [-0.2, 0) is 4.79 Å². The molecule has 1 aromatic rings. The van der Waals surface area contributed by atoms with Crippen LogP contribution in [0.25, 0.3) is 6.08 Å². The molecule has 8 heteroatoms. The van der Waals surface area contributed by atoms with Crippen molar-refractivity contribution in [2.24, 2.45) is 0 Å². The number of hydrogen-bond acceptors (Lipinski definition) is 4. The van der Waals surface area contributed by atoms with Crippen molar-refractivity contribution in [1.29, 1.82) is 0 Å². The number of likely N-dealkylation sites (N-methyl/N-ethyl adjacent to an activating group) is 1. The number of H-pyrrole nitrogens is 1. The van der Waals surface area contributed by atoms with Crippen molar-refractivity contribution in [3.8, 4) is 0 Å². The van der Waals surface area contributed by atoms with E-state index in [-0.39, 0.29) is 11.8 Å². The van der Waals surface area contributed by atoms with Gasteiger partial charge in [0.05, 0.1) is 5.56 Å². The summed E-state index contributed by atoms with van der Waals surface area (Å²) in [6, 6.07) is 0. The summed E-state index contributed by atoms with van der Waals surface area (Å²) in [4.78, 5) is 31.0. The Balaban J connectivity index is 3.02. The average Bonchev–Trinajstić information content (AvgIpc) is 3.11. The highest BCUT2D eigenvalue weighted by atomic mass is 32.2. The molecule has 34 heavy (non-hydrogen) atoms. The Morgan fingerprint density at radius 1 is 1.12 bits per heavy atom. The van der Waals surface area contributed by atoms with Gasteiger partial charge in [0.15, 0.2) is 0 Å². The van der Waals surface area contributed by atoms with Gasteiger partial charge in [0.1, 0.15) is 6.67 Å². The van der Waals surface area contributed by atoms with Gasteiger partial charge < -0.3 is 20.5 Å². The second-order valence-electron chi connectivity index (χ2n) is 7.59. The van der Waals surface area contributed by atoms with Crippen molar-refractivity contribution >= 4 is 29.7 Å². The van der Waals surface area contributed by atoms with E-state index in [1.54, 1.807) is 42.3 Å². The Kier molecular flexibility index (Phi) is 14.7. The maximum atomic E-state index is 12.8.